The van der Waals surface area contributed by atoms with E-state index in [1.807, 2.05) is 13.0 Å². The van der Waals surface area contributed by atoms with Crippen molar-refractivity contribution in [2.24, 2.45) is 5.73 Å². The average molecular weight is 177 g/mol. The lowest BCUT2D eigenvalue weighted by atomic mass is 9.99. The van der Waals surface area contributed by atoms with E-state index >= 15 is 0 Å². The molecule has 1 rings (SSSR count). The minimum atomic E-state index is -0.0652. The first-order valence-electron chi connectivity index (χ1n) is 4.31. The molecule has 0 heterocycles. The molecule has 0 aliphatic heterocycles. The van der Waals surface area contributed by atoms with Crippen LogP contribution in [0.15, 0.2) is 30.9 Å². The van der Waals surface area contributed by atoms with E-state index in [0.29, 0.717) is 5.75 Å². The number of rotatable bonds is 3. The molecule has 0 aliphatic rings. The Hall–Kier alpha value is -1.28. The first-order chi connectivity index (χ1) is 6.16. The predicted molar refractivity (Wildman–Crippen MR) is 54.6 cm³/mol. The number of aromatic hydroxyl groups is 1. The van der Waals surface area contributed by atoms with Gasteiger partial charge >= 0.3 is 0 Å². The number of benzene rings is 1. The Kier molecular flexibility index (Phi) is 3.09. The van der Waals surface area contributed by atoms with Gasteiger partial charge in [-0.3, -0.25) is 0 Å². The molecule has 1 unspecified atom stereocenters. The van der Waals surface area contributed by atoms with Crippen molar-refractivity contribution in [3.8, 4) is 5.75 Å². The van der Waals surface area contributed by atoms with E-state index in [1.54, 1.807) is 18.2 Å². The molecule has 0 bridgehead atoms. The Balaban J connectivity index is 3.00. The first kappa shape index (κ1) is 9.81. The fraction of sp³-hybridized carbons (Fsp3) is 0.273. The third kappa shape index (κ3) is 2.10. The number of nitrogens with two attached hydrogens (primary N) is 1. The molecule has 1 aromatic carbocycles. The highest BCUT2D eigenvalue weighted by molar-refractivity contribution is 5.39. The summed E-state index contributed by atoms with van der Waals surface area (Å²) in [6.45, 7) is 5.50. The van der Waals surface area contributed by atoms with Gasteiger partial charge in [-0.1, -0.05) is 18.2 Å². The number of phenolic OH excluding ortho intramolecular Hbond substituents is 1. The van der Waals surface area contributed by atoms with Crippen molar-refractivity contribution in [1.82, 2.24) is 0 Å². The molecule has 0 aromatic heterocycles. The van der Waals surface area contributed by atoms with Crippen LogP contribution in [0.4, 0.5) is 0 Å². The third-order valence-electron chi connectivity index (χ3n) is 2.17. The lowest BCUT2D eigenvalue weighted by Gasteiger charge is -2.13. The summed E-state index contributed by atoms with van der Waals surface area (Å²) in [5.74, 6) is 0.303. The smallest absolute Gasteiger partial charge is 0.118 e. The molecule has 0 saturated carbocycles. The zero-order valence-electron chi connectivity index (χ0n) is 7.83. The Bertz CT molecular complexity index is 307. The molecular weight excluding hydrogens is 162 g/mol. The van der Waals surface area contributed by atoms with Gasteiger partial charge in [-0.15, -0.1) is 6.58 Å². The van der Waals surface area contributed by atoms with E-state index in [4.69, 9.17) is 5.73 Å². The summed E-state index contributed by atoms with van der Waals surface area (Å²) < 4.78 is 0. The van der Waals surface area contributed by atoms with Crippen molar-refractivity contribution in [1.29, 1.82) is 0 Å². The largest absolute Gasteiger partial charge is 0.508 e. The van der Waals surface area contributed by atoms with Crippen LogP contribution in [0.1, 0.15) is 23.6 Å². The van der Waals surface area contributed by atoms with Crippen LogP contribution in [0, 0.1) is 6.92 Å². The minimum Gasteiger partial charge on any atom is -0.508 e. The van der Waals surface area contributed by atoms with Gasteiger partial charge in [0.25, 0.3) is 0 Å². The lowest BCUT2D eigenvalue weighted by Crippen LogP contribution is -2.10. The highest BCUT2D eigenvalue weighted by Gasteiger charge is 2.08. The highest BCUT2D eigenvalue weighted by Crippen LogP contribution is 2.25. The zero-order chi connectivity index (χ0) is 9.84. The van der Waals surface area contributed by atoms with Crippen LogP contribution in [0.2, 0.25) is 0 Å². The second-order valence-corrected chi connectivity index (χ2v) is 3.12. The molecule has 70 valence electrons. The molecule has 3 N–H and O–H groups in total. The SMILES string of the molecule is C=CCC(N)c1cccc(O)c1C. The zero-order valence-corrected chi connectivity index (χ0v) is 7.83. The summed E-state index contributed by atoms with van der Waals surface area (Å²) in [4.78, 5) is 0. The van der Waals surface area contributed by atoms with Crippen LogP contribution in [0.3, 0.4) is 0 Å². The van der Waals surface area contributed by atoms with E-state index in [1.165, 1.54) is 0 Å². The van der Waals surface area contributed by atoms with Crippen LogP contribution >= 0.6 is 0 Å². The second-order valence-electron chi connectivity index (χ2n) is 3.12. The maximum absolute atomic E-state index is 9.44. The fourth-order valence-electron chi connectivity index (χ4n) is 1.35. The Morgan fingerprint density at radius 2 is 2.31 bits per heavy atom. The van der Waals surface area contributed by atoms with Crippen molar-refractivity contribution in [3.05, 3.63) is 42.0 Å². The van der Waals surface area contributed by atoms with E-state index in [9.17, 15) is 5.11 Å². The van der Waals surface area contributed by atoms with Crippen molar-refractivity contribution in [2.75, 3.05) is 0 Å². The van der Waals surface area contributed by atoms with Crippen molar-refractivity contribution >= 4 is 0 Å². The average Bonchev–Trinajstić information content (AvgIpc) is 2.10. The molecule has 2 nitrogen and oxygen atoms in total. The molecular formula is C11H15NO. The van der Waals surface area contributed by atoms with Crippen molar-refractivity contribution in [2.45, 2.75) is 19.4 Å². The molecule has 0 saturated heterocycles. The molecule has 0 amide bonds. The van der Waals surface area contributed by atoms with Gasteiger partial charge in [0.05, 0.1) is 0 Å². The molecule has 1 aromatic rings. The Morgan fingerprint density at radius 3 is 2.92 bits per heavy atom. The first-order valence-corrected chi connectivity index (χ1v) is 4.31. The van der Waals surface area contributed by atoms with Gasteiger partial charge in [-0.25, -0.2) is 0 Å². The number of hydrogen-bond donors (Lipinski definition) is 2. The van der Waals surface area contributed by atoms with Gasteiger partial charge in [-0.2, -0.15) is 0 Å². The van der Waals surface area contributed by atoms with Gasteiger partial charge in [-0.05, 0) is 30.5 Å². The van der Waals surface area contributed by atoms with E-state index < -0.39 is 0 Å². The highest BCUT2D eigenvalue weighted by atomic mass is 16.3. The van der Waals surface area contributed by atoms with Gasteiger partial charge in [0.2, 0.25) is 0 Å². The summed E-state index contributed by atoms with van der Waals surface area (Å²) in [7, 11) is 0. The number of hydrogen-bond acceptors (Lipinski definition) is 2. The summed E-state index contributed by atoms with van der Waals surface area (Å²) in [5, 5.41) is 9.44. The molecule has 13 heavy (non-hydrogen) atoms. The molecule has 1 atom stereocenters. The van der Waals surface area contributed by atoms with Gasteiger partial charge in [0.1, 0.15) is 5.75 Å². The third-order valence-corrected chi connectivity index (χ3v) is 2.17. The standard InChI is InChI=1S/C11H15NO/c1-3-5-10(12)9-6-4-7-11(13)8(9)2/h3-4,6-7,10,13H,1,5,12H2,2H3. The molecule has 0 radical (unpaired) electrons. The second kappa shape index (κ2) is 4.10. The maximum atomic E-state index is 9.44. The molecule has 0 fully saturated rings. The molecule has 2 heteroatoms. The molecule has 0 aliphatic carbocycles. The molecule has 0 spiro atoms. The van der Waals surface area contributed by atoms with Gasteiger partial charge < -0.3 is 10.8 Å². The summed E-state index contributed by atoms with van der Waals surface area (Å²) >= 11 is 0. The van der Waals surface area contributed by atoms with Crippen LogP contribution < -0.4 is 5.73 Å². The van der Waals surface area contributed by atoms with Crippen molar-refractivity contribution < 1.29 is 5.11 Å². The normalized spacial score (nSPS) is 12.5. The van der Waals surface area contributed by atoms with Crippen LogP contribution in [-0.2, 0) is 0 Å². The maximum Gasteiger partial charge on any atom is 0.118 e. The van der Waals surface area contributed by atoms with Gasteiger partial charge in [0, 0.05) is 6.04 Å². The minimum absolute atomic E-state index is 0.0652. The fourth-order valence-corrected chi connectivity index (χ4v) is 1.35. The topological polar surface area (TPSA) is 46.2 Å². The van der Waals surface area contributed by atoms with Crippen molar-refractivity contribution in [3.63, 3.8) is 0 Å². The van der Waals surface area contributed by atoms with Gasteiger partial charge in [0.15, 0.2) is 0 Å². The predicted octanol–water partition coefficient (Wildman–Crippen LogP) is 2.28. The van der Waals surface area contributed by atoms with E-state index in [0.717, 1.165) is 17.5 Å². The van der Waals surface area contributed by atoms with E-state index in [-0.39, 0.29) is 6.04 Å². The quantitative estimate of drug-likeness (QED) is 0.696. The number of phenols is 1. The van der Waals surface area contributed by atoms with Crippen LogP contribution in [0.25, 0.3) is 0 Å². The lowest BCUT2D eigenvalue weighted by molar-refractivity contribution is 0.469. The van der Waals surface area contributed by atoms with E-state index in [2.05, 4.69) is 6.58 Å². The Morgan fingerprint density at radius 1 is 1.62 bits per heavy atom. The van der Waals surface area contributed by atoms with Crippen LogP contribution in [-0.4, -0.2) is 5.11 Å². The summed E-state index contributed by atoms with van der Waals surface area (Å²) in [6, 6.07) is 5.34. The van der Waals surface area contributed by atoms with Crippen LogP contribution in [0.5, 0.6) is 5.75 Å². The summed E-state index contributed by atoms with van der Waals surface area (Å²) in [5.41, 5.74) is 7.74. The summed E-state index contributed by atoms with van der Waals surface area (Å²) in [6.07, 6.45) is 2.51. The Labute approximate surface area is 78.7 Å². The monoisotopic (exact) mass is 177 g/mol.